The Kier molecular flexibility index (Phi) is 7.18. The summed E-state index contributed by atoms with van der Waals surface area (Å²) in [5.74, 6) is -2.83. The third kappa shape index (κ3) is 6.30. The number of cyclic esters (lactones) is 1. The van der Waals surface area contributed by atoms with Crippen molar-refractivity contribution >= 4 is 35.4 Å². The molecule has 1 aromatic carbocycles. The van der Waals surface area contributed by atoms with Gasteiger partial charge in [0.25, 0.3) is 0 Å². The van der Waals surface area contributed by atoms with Crippen molar-refractivity contribution in [1.82, 2.24) is 5.32 Å². The van der Waals surface area contributed by atoms with Gasteiger partial charge < -0.3 is 24.6 Å². The van der Waals surface area contributed by atoms with Crippen molar-refractivity contribution in [2.75, 3.05) is 13.2 Å². The summed E-state index contributed by atoms with van der Waals surface area (Å²) in [5.41, 5.74) is 0.726. The molecule has 0 unspecified atom stereocenters. The molecule has 1 aliphatic rings. The van der Waals surface area contributed by atoms with Crippen LogP contribution in [-0.4, -0.2) is 48.2 Å². The zero-order chi connectivity index (χ0) is 19.8. The van der Waals surface area contributed by atoms with E-state index in [9.17, 15) is 19.2 Å². The van der Waals surface area contributed by atoms with Crippen molar-refractivity contribution in [2.45, 2.75) is 19.1 Å². The molecular weight excluding hydrogens is 382 g/mol. The molecule has 0 bridgehead atoms. The van der Waals surface area contributed by atoms with Crippen LogP contribution in [0.4, 0.5) is 4.79 Å². The second kappa shape index (κ2) is 9.58. The van der Waals surface area contributed by atoms with Crippen LogP contribution in [0.1, 0.15) is 12.0 Å². The number of carboxylic acids is 1. The molecule has 2 rings (SSSR count). The number of hydrogen-bond acceptors (Lipinski definition) is 7. The van der Waals surface area contributed by atoms with Crippen molar-refractivity contribution in [3.8, 4) is 0 Å². The highest BCUT2D eigenvalue weighted by molar-refractivity contribution is 6.42. The van der Waals surface area contributed by atoms with E-state index in [4.69, 9.17) is 26.2 Å². The highest BCUT2D eigenvalue weighted by atomic mass is 35.5. The SMILES string of the molecule is O=C(O)C[C@H](NC(=O)OCc1ccccc1)C(=O)COC1=C(Cl)C(=O)OC1. The van der Waals surface area contributed by atoms with Crippen LogP contribution >= 0.6 is 11.6 Å². The largest absolute Gasteiger partial charge is 0.485 e. The van der Waals surface area contributed by atoms with Gasteiger partial charge in [-0.3, -0.25) is 9.59 Å². The smallest absolute Gasteiger partial charge is 0.408 e. The number of nitrogens with one attached hydrogen (secondary N) is 1. The molecule has 144 valence electrons. The number of halogens is 1. The number of hydrogen-bond donors (Lipinski definition) is 2. The molecule has 0 spiro atoms. The van der Waals surface area contributed by atoms with Crippen molar-refractivity contribution in [3.05, 3.63) is 46.7 Å². The van der Waals surface area contributed by atoms with Crippen LogP contribution < -0.4 is 5.32 Å². The Bertz CT molecular complexity index is 761. The molecule has 1 aromatic rings. The second-order valence-corrected chi connectivity index (χ2v) is 5.80. The van der Waals surface area contributed by atoms with E-state index in [2.05, 4.69) is 10.1 Å². The van der Waals surface area contributed by atoms with Gasteiger partial charge in [-0.1, -0.05) is 41.9 Å². The average molecular weight is 398 g/mol. The van der Waals surface area contributed by atoms with Crippen molar-refractivity contribution < 1.29 is 38.5 Å². The molecule has 0 aliphatic carbocycles. The van der Waals surface area contributed by atoms with E-state index in [0.717, 1.165) is 5.56 Å². The first-order valence-electron chi connectivity index (χ1n) is 7.77. The van der Waals surface area contributed by atoms with Gasteiger partial charge in [-0.2, -0.15) is 0 Å². The van der Waals surface area contributed by atoms with Crippen molar-refractivity contribution in [2.24, 2.45) is 0 Å². The Morgan fingerprint density at radius 2 is 1.96 bits per heavy atom. The first kappa shape index (κ1) is 20.2. The monoisotopic (exact) mass is 397 g/mol. The molecule has 1 aliphatic heterocycles. The van der Waals surface area contributed by atoms with Gasteiger partial charge in [0.2, 0.25) is 0 Å². The maximum atomic E-state index is 12.2. The van der Waals surface area contributed by atoms with Gasteiger partial charge in [0.05, 0.1) is 6.42 Å². The summed E-state index contributed by atoms with van der Waals surface area (Å²) in [5, 5.41) is 10.8. The topological polar surface area (TPSA) is 128 Å². The molecule has 0 saturated carbocycles. The Hall–Kier alpha value is -3.07. The van der Waals surface area contributed by atoms with Crippen LogP contribution in [0.3, 0.4) is 0 Å². The Balaban J connectivity index is 1.89. The fourth-order valence-electron chi connectivity index (χ4n) is 2.06. The summed E-state index contributed by atoms with van der Waals surface area (Å²) in [7, 11) is 0. The van der Waals surface area contributed by atoms with Gasteiger partial charge in [0, 0.05) is 0 Å². The van der Waals surface area contributed by atoms with Crippen LogP contribution in [0, 0.1) is 0 Å². The van der Waals surface area contributed by atoms with Gasteiger partial charge in [-0.15, -0.1) is 0 Å². The maximum Gasteiger partial charge on any atom is 0.408 e. The average Bonchev–Trinajstić information content (AvgIpc) is 2.96. The molecule has 0 saturated heterocycles. The normalized spacial score (nSPS) is 14.3. The number of benzene rings is 1. The number of carbonyl (C=O) groups excluding carboxylic acids is 3. The van der Waals surface area contributed by atoms with Gasteiger partial charge in [-0.25, -0.2) is 9.59 Å². The summed E-state index contributed by atoms with van der Waals surface area (Å²) in [6, 6.07) is 7.44. The van der Waals surface area contributed by atoms with E-state index in [0.29, 0.717) is 0 Å². The lowest BCUT2D eigenvalue weighted by Crippen LogP contribution is -2.44. The number of alkyl carbamates (subject to hydrolysis) is 1. The Morgan fingerprint density at radius 3 is 2.56 bits per heavy atom. The van der Waals surface area contributed by atoms with Gasteiger partial charge in [-0.05, 0) is 5.56 Å². The molecule has 10 heteroatoms. The van der Waals surface area contributed by atoms with Crippen LogP contribution in [-0.2, 0) is 35.2 Å². The zero-order valence-corrected chi connectivity index (χ0v) is 14.7. The summed E-state index contributed by atoms with van der Waals surface area (Å²) in [4.78, 5) is 46.1. The minimum absolute atomic E-state index is 0.0317. The number of amides is 1. The quantitative estimate of drug-likeness (QED) is 0.597. The zero-order valence-electron chi connectivity index (χ0n) is 14.0. The van der Waals surface area contributed by atoms with Crippen LogP contribution in [0.15, 0.2) is 41.1 Å². The molecular formula is C17H16ClNO8. The minimum Gasteiger partial charge on any atom is -0.485 e. The van der Waals surface area contributed by atoms with E-state index in [-0.39, 0.29) is 24.0 Å². The molecule has 1 heterocycles. The molecule has 2 N–H and O–H groups in total. The number of ether oxygens (including phenoxy) is 3. The Labute approximate surface area is 158 Å². The molecule has 1 amide bonds. The van der Waals surface area contributed by atoms with E-state index >= 15 is 0 Å². The van der Waals surface area contributed by atoms with E-state index in [1.165, 1.54) is 0 Å². The third-order valence-corrected chi connectivity index (χ3v) is 3.78. The number of Topliss-reactive ketones (excluding diaryl/α,β-unsaturated/α-hetero) is 1. The van der Waals surface area contributed by atoms with E-state index in [1.54, 1.807) is 30.3 Å². The summed E-state index contributed by atoms with van der Waals surface area (Å²) in [6.07, 6.45) is -1.61. The fourth-order valence-corrected chi connectivity index (χ4v) is 2.23. The molecule has 0 fully saturated rings. The predicted octanol–water partition coefficient (Wildman–Crippen LogP) is 1.35. The van der Waals surface area contributed by atoms with Crippen LogP contribution in [0.5, 0.6) is 0 Å². The van der Waals surface area contributed by atoms with Crippen molar-refractivity contribution in [1.29, 1.82) is 0 Å². The third-order valence-electron chi connectivity index (χ3n) is 3.42. The number of rotatable bonds is 9. The molecule has 27 heavy (non-hydrogen) atoms. The molecule has 0 radical (unpaired) electrons. The van der Waals surface area contributed by atoms with E-state index < -0.39 is 42.9 Å². The molecule has 1 atom stereocenters. The van der Waals surface area contributed by atoms with Gasteiger partial charge in [0.15, 0.2) is 23.2 Å². The van der Waals surface area contributed by atoms with Crippen molar-refractivity contribution in [3.63, 3.8) is 0 Å². The minimum atomic E-state index is -1.37. The highest BCUT2D eigenvalue weighted by Gasteiger charge is 2.28. The first-order chi connectivity index (χ1) is 12.9. The number of esters is 1. The molecule has 0 aromatic heterocycles. The lowest BCUT2D eigenvalue weighted by atomic mass is 10.1. The maximum absolute atomic E-state index is 12.2. The number of ketones is 1. The summed E-state index contributed by atoms with van der Waals surface area (Å²) in [6.45, 7) is -0.862. The highest BCUT2D eigenvalue weighted by Crippen LogP contribution is 2.20. The lowest BCUT2D eigenvalue weighted by Gasteiger charge is -2.16. The van der Waals surface area contributed by atoms with Crippen LogP contribution in [0.25, 0.3) is 0 Å². The fraction of sp³-hybridized carbons (Fsp3) is 0.294. The van der Waals surface area contributed by atoms with Crippen LogP contribution in [0.2, 0.25) is 0 Å². The Morgan fingerprint density at radius 1 is 1.26 bits per heavy atom. The van der Waals surface area contributed by atoms with Gasteiger partial charge >= 0.3 is 18.0 Å². The molecule has 9 nitrogen and oxygen atoms in total. The summed E-state index contributed by atoms with van der Waals surface area (Å²) < 4.78 is 14.7. The first-order valence-corrected chi connectivity index (χ1v) is 8.15. The predicted molar refractivity (Wildman–Crippen MR) is 90.6 cm³/mol. The number of carbonyl (C=O) groups is 4. The second-order valence-electron chi connectivity index (χ2n) is 5.42. The summed E-state index contributed by atoms with van der Waals surface area (Å²) >= 11 is 5.64. The standard InChI is InChI=1S/C17H16ClNO8/c18-15-13(9-26-16(15)23)25-8-12(20)11(6-14(21)22)19-17(24)27-7-10-4-2-1-3-5-10/h1-5,11H,6-9H2,(H,19,24)(H,21,22)/t11-/m0/s1. The van der Waals surface area contributed by atoms with Gasteiger partial charge in [0.1, 0.15) is 19.3 Å². The lowest BCUT2D eigenvalue weighted by molar-refractivity contribution is -0.140. The van der Waals surface area contributed by atoms with E-state index in [1.807, 2.05) is 0 Å². The number of aliphatic carboxylic acids is 1. The number of carboxylic acid groups (broad SMARTS) is 1.